The molecule has 1 aliphatic heterocycles. The first-order valence-electron chi connectivity index (χ1n) is 6.96. The molecule has 1 N–H and O–H groups in total. The molecule has 2 amide bonds. The van der Waals surface area contributed by atoms with Gasteiger partial charge in [-0.1, -0.05) is 12.1 Å². The molecule has 114 valence electrons. The van der Waals surface area contributed by atoms with Gasteiger partial charge in [0.2, 0.25) is 12.0 Å². The van der Waals surface area contributed by atoms with E-state index in [1.54, 1.807) is 18.0 Å². The van der Waals surface area contributed by atoms with Gasteiger partial charge in [-0.3, -0.25) is 9.59 Å². The lowest BCUT2D eigenvalue weighted by atomic mass is 10.2. The molecule has 1 aromatic carbocycles. The normalized spacial score (nSPS) is 16.2. The van der Waals surface area contributed by atoms with Gasteiger partial charge in [-0.05, 0) is 18.6 Å². The van der Waals surface area contributed by atoms with Crippen LogP contribution in [0.15, 0.2) is 24.3 Å². The zero-order valence-electron chi connectivity index (χ0n) is 12.3. The summed E-state index contributed by atoms with van der Waals surface area (Å²) in [6, 6.07) is 7.30. The van der Waals surface area contributed by atoms with Crippen LogP contribution in [0.4, 0.5) is 0 Å². The van der Waals surface area contributed by atoms with Gasteiger partial charge in [0.05, 0.1) is 0 Å². The van der Waals surface area contributed by atoms with Crippen LogP contribution in [0.5, 0.6) is 11.5 Å². The maximum Gasteiger partial charge on any atom is 0.267 e. The number of hydrogen-bond donors (Lipinski definition) is 1. The van der Waals surface area contributed by atoms with Gasteiger partial charge in [-0.15, -0.1) is 0 Å². The Kier molecular flexibility index (Phi) is 5.03. The third-order valence-corrected chi connectivity index (χ3v) is 3.20. The monoisotopic (exact) mass is 292 g/mol. The Labute approximate surface area is 124 Å². The Hall–Kier alpha value is -2.24. The lowest BCUT2D eigenvalue weighted by Crippen LogP contribution is -2.45. The molecular weight excluding hydrogens is 272 g/mol. The summed E-state index contributed by atoms with van der Waals surface area (Å²) in [6.45, 7) is 2.80. The van der Waals surface area contributed by atoms with Gasteiger partial charge in [0.25, 0.3) is 5.91 Å². The topological polar surface area (TPSA) is 67.9 Å². The average Bonchev–Trinajstić information content (AvgIpc) is 2.50. The maximum absolute atomic E-state index is 12.3. The molecule has 1 heterocycles. The van der Waals surface area contributed by atoms with Crippen molar-refractivity contribution in [1.29, 1.82) is 0 Å². The molecule has 1 atom stereocenters. The smallest absolute Gasteiger partial charge is 0.267 e. The summed E-state index contributed by atoms with van der Waals surface area (Å²) >= 11 is 0. The van der Waals surface area contributed by atoms with E-state index < -0.39 is 6.10 Å². The van der Waals surface area contributed by atoms with Crippen molar-refractivity contribution in [3.05, 3.63) is 24.3 Å². The van der Waals surface area contributed by atoms with Crippen LogP contribution in [0, 0.1) is 0 Å². The fourth-order valence-corrected chi connectivity index (χ4v) is 2.08. The molecule has 21 heavy (non-hydrogen) atoms. The van der Waals surface area contributed by atoms with E-state index in [9.17, 15) is 9.59 Å². The van der Waals surface area contributed by atoms with Crippen LogP contribution in [0.2, 0.25) is 0 Å². The van der Waals surface area contributed by atoms with E-state index in [1.165, 1.54) is 6.92 Å². The van der Waals surface area contributed by atoms with E-state index in [-0.39, 0.29) is 18.4 Å². The van der Waals surface area contributed by atoms with Crippen LogP contribution in [0.3, 0.4) is 0 Å². The zero-order valence-corrected chi connectivity index (χ0v) is 12.3. The molecule has 0 saturated carbocycles. The van der Waals surface area contributed by atoms with Crippen LogP contribution >= 0.6 is 0 Å². The van der Waals surface area contributed by atoms with Crippen LogP contribution < -0.4 is 14.8 Å². The van der Waals surface area contributed by atoms with Gasteiger partial charge < -0.3 is 19.7 Å². The number of fused-ring (bicyclic) bond motifs is 1. The van der Waals surface area contributed by atoms with Crippen LogP contribution in [0.1, 0.15) is 13.3 Å². The number of carbonyl (C=O) groups excluding carboxylic acids is 2. The van der Waals surface area contributed by atoms with Gasteiger partial charge in [0.15, 0.2) is 11.5 Å². The molecule has 0 spiro atoms. The number of para-hydroxylation sites is 2. The Balaban J connectivity index is 1.82. The van der Waals surface area contributed by atoms with Crippen molar-refractivity contribution in [2.45, 2.75) is 19.4 Å². The second-order valence-electron chi connectivity index (χ2n) is 4.96. The number of hydrogen-bond acceptors (Lipinski definition) is 4. The first-order valence-corrected chi connectivity index (χ1v) is 6.96. The Morgan fingerprint density at radius 2 is 2.05 bits per heavy atom. The van der Waals surface area contributed by atoms with Crippen molar-refractivity contribution in [1.82, 2.24) is 10.2 Å². The maximum atomic E-state index is 12.3. The fourth-order valence-electron chi connectivity index (χ4n) is 2.08. The SMILES string of the molecule is CC(=O)NCCCN(C)C(=O)[C@@H]1COc2ccccc2O1. The van der Waals surface area contributed by atoms with E-state index in [0.29, 0.717) is 31.0 Å². The highest BCUT2D eigenvalue weighted by molar-refractivity contribution is 5.81. The van der Waals surface area contributed by atoms with Crippen LogP contribution in [-0.4, -0.2) is 49.6 Å². The molecule has 0 aliphatic carbocycles. The number of benzene rings is 1. The van der Waals surface area contributed by atoms with Crippen molar-refractivity contribution in [3.63, 3.8) is 0 Å². The second-order valence-corrected chi connectivity index (χ2v) is 4.96. The molecule has 0 unspecified atom stereocenters. The fraction of sp³-hybridized carbons (Fsp3) is 0.467. The molecule has 0 radical (unpaired) electrons. The van der Waals surface area contributed by atoms with Gasteiger partial charge >= 0.3 is 0 Å². The van der Waals surface area contributed by atoms with Crippen molar-refractivity contribution < 1.29 is 19.1 Å². The molecule has 2 rings (SSSR count). The molecule has 0 aromatic heterocycles. The summed E-state index contributed by atoms with van der Waals surface area (Å²) < 4.78 is 11.2. The number of likely N-dealkylation sites (N-methyl/N-ethyl adjacent to an activating group) is 1. The van der Waals surface area contributed by atoms with E-state index in [4.69, 9.17) is 9.47 Å². The third-order valence-electron chi connectivity index (χ3n) is 3.20. The van der Waals surface area contributed by atoms with Gasteiger partial charge in [0, 0.05) is 27.1 Å². The lowest BCUT2D eigenvalue weighted by Gasteiger charge is -2.28. The highest BCUT2D eigenvalue weighted by Gasteiger charge is 2.29. The van der Waals surface area contributed by atoms with E-state index in [2.05, 4.69) is 5.32 Å². The number of amides is 2. The van der Waals surface area contributed by atoms with E-state index in [0.717, 1.165) is 0 Å². The number of nitrogens with one attached hydrogen (secondary N) is 1. The number of rotatable bonds is 5. The predicted octanol–water partition coefficient (Wildman–Crippen LogP) is 0.811. The summed E-state index contributed by atoms with van der Waals surface area (Å²) in [5.41, 5.74) is 0. The summed E-state index contributed by atoms with van der Waals surface area (Å²) in [5.74, 6) is 1.07. The Morgan fingerprint density at radius 1 is 1.33 bits per heavy atom. The minimum Gasteiger partial charge on any atom is -0.485 e. The lowest BCUT2D eigenvalue weighted by molar-refractivity contribution is -0.139. The highest BCUT2D eigenvalue weighted by atomic mass is 16.6. The summed E-state index contributed by atoms with van der Waals surface area (Å²) in [6.07, 6.45) is 0.0806. The van der Waals surface area contributed by atoms with Crippen molar-refractivity contribution in [2.75, 3.05) is 26.7 Å². The molecule has 0 saturated heterocycles. The number of ether oxygens (including phenoxy) is 2. The standard InChI is InChI=1S/C15H20N2O4/c1-11(18)16-8-5-9-17(2)15(19)14-10-20-12-6-3-4-7-13(12)21-14/h3-4,6-7,14H,5,8-10H2,1-2H3,(H,16,18)/t14-/m0/s1. The first kappa shape index (κ1) is 15.2. The number of nitrogens with zero attached hydrogens (tertiary/aromatic N) is 1. The molecule has 1 aliphatic rings. The summed E-state index contributed by atoms with van der Waals surface area (Å²) in [4.78, 5) is 24.6. The van der Waals surface area contributed by atoms with Crippen LogP contribution in [0.25, 0.3) is 0 Å². The molecule has 1 aromatic rings. The number of carbonyl (C=O) groups is 2. The van der Waals surface area contributed by atoms with Gasteiger partial charge in [-0.2, -0.15) is 0 Å². The molecule has 0 fully saturated rings. The summed E-state index contributed by atoms with van der Waals surface area (Å²) in [5, 5.41) is 2.70. The molecule has 0 bridgehead atoms. The average molecular weight is 292 g/mol. The summed E-state index contributed by atoms with van der Waals surface area (Å²) in [7, 11) is 1.72. The zero-order chi connectivity index (χ0) is 15.2. The second kappa shape index (κ2) is 6.97. The Bertz CT molecular complexity index is 518. The molecule has 6 heteroatoms. The quantitative estimate of drug-likeness (QED) is 0.816. The van der Waals surface area contributed by atoms with E-state index in [1.807, 2.05) is 18.2 Å². The van der Waals surface area contributed by atoms with Crippen molar-refractivity contribution in [3.8, 4) is 11.5 Å². The molecule has 6 nitrogen and oxygen atoms in total. The van der Waals surface area contributed by atoms with Crippen molar-refractivity contribution >= 4 is 11.8 Å². The minimum absolute atomic E-state index is 0.0652. The Morgan fingerprint density at radius 3 is 2.76 bits per heavy atom. The first-order chi connectivity index (χ1) is 10.1. The van der Waals surface area contributed by atoms with Crippen molar-refractivity contribution in [2.24, 2.45) is 0 Å². The third kappa shape index (κ3) is 4.11. The largest absolute Gasteiger partial charge is 0.485 e. The predicted molar refractivity (Wildman–Crippen MR) is 77.3 cm³/mol. The highest BCUT2D eigenvalue weighted by Crippen LogP contribution is 2.31. The van der Waals surface area contributed by atoms with E-state index >= 15 is 0 Å². The van der Waals surface area contributed by atoms with Gasteiger partial charge in [0.1, 0.15) is 6.61 Å². The minimum atomic E-state index is -0.620. The molecular formula is C15H20N2O4. The van der Waals surface area contributed by atoms with Gasteiger partial charge in [-0.25, -0.2) is 0 Å². The van der Waals surface area contributed by atoms with Crippen LogP contribution in [-0.2, 0) is 9.59 Å².